The molecule has 41 heavy (non-hydrogen) atoms. The molecule has 1 amide bonds. The van der Waals surface area contributed by atoms with Gasteiger partial charge in [0, 0.05) is 25.2 Å². The van der Waals surface area contributed by atoms with Crippen molar-refractivity contribution in [3.8, 4) is 5.75 Å². The Hall–Kier alpha value is -2.33. The van der Waals surface area contributed by atoms with Crippen LogP contribution in [0.3, 0.4) is 0 Å². The third kappa shape index (κ3) is 17.3. The van der Waals surface area contributed by atoms with Gasteiger partial charge in [-0.15, -0.1) is 0 Å². The average Bonchev–Trinajstić information content (AvgIpc) is 2.91. The zero-order chi connectivity index (χ0) is 31.4. The first kappa shape index (κ1) is 38.7. The van der Waals surface area contributed by atoms with Crippen LogP contribution >= 0.6 is 0 Å². The first-order valence-corrected chi connectivity index (χ1v) is 14.9. The molecule has 1 aliphatic heterocycles. The van der Waals surface area contributed by atoms with Crippen molar-refractivity contribution in [3.05, 3.63) is 29.3 Å². The Morgan fingerprint density at radius 3 is 2.29 bits per heavy atom. The quantitative estimate of drug-likeness (QED) is 0.221. The first-order chi connectivity index (χ1) is 19.3. The molecule has 238 valence electrons. The lowest BCUT2D eigenvalue weighted by Crippen LogP contribution is -2.41. The Balaban J connectivity index is 0.000000605. The van der Waals surface area contributed by atoms with Crippen molar-refractivity contribution in [2.45, 2.75) is 124 Å². The van der Waals surface area contributed by atoms with Crippen LogP contribution in [0.4, 0.5) is 13.2 Å². The van der Waals surface area contributed by atoms with E-state index < -0.39 is 17.7 Å². The smallest absolute Gasteiger partial charge is 0.416 e. The second kappa shape index (κ2) is 21.4. The third-order valence-corrected chi connectivity index (χ3v) is 6.88. The summed E-state index contributed by atoms with van der Waals surface area (Å²) in [4.78, 5) is 23.0. The van der Waals surface area contributed by atoms with Crippen molar-refractivity contribution in [3.63, 3.8) is 0 Å². The van der Waals surface area contributed by atoms with Gasteiger partial charge in [-0.1, -0.05) is 34.1 Å². The number of aliphatic carboxylic acids is 1. The molecule has 10 heteroatoms. The summed E-state index contributed by atoms with van der Waals surface area (Å²) in [5.41, 5.74) is -0.443. The molecule has 3 unspecified atom stereocenters. The van der Waals surface area contributed by atoms with Gasteiger partial charge in [-0.3, -0.25) is 14.5 Å². The van der Waals surface area contributed by atoms with E-state index in [0.29, 0.717) is 24.1 Å². The van der Waals surface area contributed by atoms with Gasteiger partial charge in [0.05, 0.1) is 24.7 Å². The number of nitrogens with one attached hydrogen (secondary N) is 1. The molecule has 1 saturated heterocycles. The molecule has 0 aromatic heterocycles. The van der Waals surface area contributed by atoms with E-state index in [1.54, 1.807) is 6.92 Å². The molecule has 7 nitrogen and oxygen atoms in total. The van der Waals surface area contributed by atoms with Crippen LogP contribution < -0.4 is 10.1 Å². The minimum Gasteiger partial charge on any atom is -0.494 e. The molecule has 4 atom stereocenters. The molecule has 0 radical (unpaired) electrons. The maximum Gasteiger partial charge on any atom is 0.416 e. The van der Waals surface area contributed by atoms with Gasteiger partial charge >= 0.3 is 12.1 Å². The maximum absolute atomic E-state index is 12.6. The van der Waals surface area contributed by atoms with Crippen LogP contribution in [0.25, 0.3) is 0 Å². The summed E-state index contributed by atoms with van der Waals surface area (Å²) in [6.07, 6.45) is 4.15. The number of hydrogen-bond donors (Lipinski definition) is 2. The SMILES string of the molecule is CCCC1CCC(C)CO1.CCCN(C(C)CC)[C@@H](C)CC(=O)O.CCOc1cc(CNC=O)cc(C(F)(F)F)c1. The Kier molecular flexibility index (Phi) is 20.2. The Morgan fingerprint density at radius 1 is 1.15 bits per heavy atom. The van der Waals surface area contributed by atoms with Gasteiger partial charge in [-0.25, -0.2) is 0 Å². The van der Waals surface area contributed by atoms with Crippen molar-refractivity contribution in [1.29, 1.82) is 0 Å². The lowest BCUT2D eigenvalue weighted by atomic mass is 9.98. The van der Waals surface area contributed by atoms with Crippen molar-refractivity contribution in [1.82, 2.24) is 10.2 Å². The van der Waals surface area contributed by atoms with Crippen LogP contribution in [0.15, 0.2) is 18.2 Å². The van der Waals surface area contributed by atoms with E-state index in [2.05, 4.69) is 44.8 Å². The molecular formula is C31H53F3N2O5. The fraction of sp³-hybridized carbons (Fsp3) is 0.742. The second-order valence-electron chi connectivity index (χ2n) is 10.7. The Morgan fingerprint density at radius 2 is 1.83 bits per heavy atom. The average molecular weight is 591 g/mol. The number of benzene rings is 1. The number of carbonyl (C=O) groups is 2. The molecule has 0 saturated carbocycles. The normalized spacial score (nSPS) is 18.2. The van der Waals surface area contributed by atoms with Crippen molar-refractivity contribution in [2.24, 2.45) is 5.92 Å². The highest BCUT2D eigenvalue weighted by molar-refractivity contribution is 5.67. The molecule has 2 rings (SSSR count). The number of carboxylic acids is 1. The van der Waals surface area contributed by atoms with Gasteiger partial charge in [0.1, 0.15) is 5.75 Å². The number of alkyl halides is 3. The molecule has 2 N–H and O–H groups in total. The van der Waals surface area contributed by atoms with Gasteiger partial charge in [0.2, 0.25) is 6.41 Å². The summed E-state index contributed by atoms with van der Waals surface area (Å²) in [6.45, 7) is 16.9. The molecule has 0 bridgehead atoms. The van der Waals surface area contributed by atoms with E-state index in [1.165, 1.54) is 31.7 Å². The molecule has 0 aliphatic carbocycles. The third-order valence-electron chi connectivity index (χ3n) is 6.88. The zero-order valence-electron chi connectivity index (χ0n) is 26.1. The Labute approximate surface area is 245 Å². The number of nitrogens with zero attached hydrogens (tertiary/aromatic N) is 1. The van der Waals surface area contributed by atoms with E-state index in [4.69, 9.17) is 14.6 Å². The van der Waals surface area contributed by atoms with Crippen LogP contribution in [0.2, 0.25) is 0 Å². The number of carbonyl (C=O) groups excluding carboxylic acids is 1. The van der Waals surface area contributed by atoms with Gasteiger partial charge < -0.3 is 19.9 Å². The fourth-order valence-corrected chi connectivity index (χ4v) is 4.56. The first-order valence-electron chi connectivity index (χ1n) is 14.9. The number of hydrogen-bond acceptors (Lipinski definition) is 5. The highest BCUT2D eigenvalue weighted by Gasteiger charge is 2.31. The van der Waals surface area contributed by atoms with Crippen LogP contribution in [0.5, 0.6) is 5.75 Å². The predicted molar refractivity (Wildman–Crippen MR) is 157 cm³/mol. The molecule has 0 spiro atoms. The lowest BCUT2D eigenvalue weighted by molar-refractivity contribution is -0.139. The van der Waals surface area contributed by atoms with E-state index >= 15 is 0 Å². The van der Waals surface area contributed by atoms with Crippen LogP contribution in [-0.2, 0) is 27.0 Å². The molecule has 1 heterocycles. The number of amides is 1. The Bertz CT molecular complexity index is 846. The second-order valence-corrected chi connectivity index (χ2v) is 10.7. The van der Waals surface area contributed by atoms with Gasteiger partial charge in [-0.05, 0) is 89.1 Å². The maximum atomic E-state index is 12.6. The molecule has 1 aromatic rings. The monoisotopic (exact) mass is 590 g/mol. The molecule has 1 aromatic carbocycles. The number of rotatable bonds is 14. The largest absolute Gasteiger partial charge is 0.494 e. The fourth-order valence-electron chi connectivity index (χ4n) is 4.56. The highest BCUT2D eigenvalue weighted by Crippen LogP contribution is 2.32. The van der Waals surface area contributed by atoms with Crippen LogP contribution in [0.1, 0.15) is 105 Å². The van der Waals surface area contributed by atoms with Crippen molar-refractivity contribution in [2.75, 3.05) is 19.8 Å². The summed E-state index contributed by atoms with van der Waals surface area (Å²) >= 11 is 0. The van der Waals surface area contributed by atoms with Crippen molar-refractivity contribution < 1.29 is 37.3 Å². The van der Waals surface area contributed by atoms with E-state index in [-0.39, 0.29) is 31.4 Å². The predicted octanol–water partition coefficient (Wildman–Crippen LogP) is 7.31. The highest BCUT2D eigenvalue weighted by atomic mass is 19.4. The number of carboxylic acid groups (broad SMARTS) is 1. The van der Waals surface area contributed by atoms with Crippen LogP contribution in [-0.4, -0.2) is 60.3 Å². The molecular weight excluding hydrogens is 537 g/mol. The number of ether oxygens (including phenoxy) is 2. The summed E-state index contributed by atoms with van der Waals surface area (Å²) in [7, 11) is 0. The van der Waals surface area contributed by atoms with Gasteiger partial charge in [0.25, 0.3) is 0 Å². The minimum atomic E-state index is -4.43. The van der Waals surface area contributed by atoms with E-state index in [9.17, 15) is 22.8 Å². The summed E-state index contributed by atoms with van der Waals surface area (Å²) in [5.74, 6) is 0.236. The summed E-state index contributed by atoms with van der Waals surface area (Å²) in [6, 6.07) is 4.01. The summed E-state index contributed by atoms with van der Waals surface area (Å²) < 4.78 is 48.4. The number of halogens is 3. The molecule has 1 aliphatic rings. The summed E-state index contributed by atoms with van der Waals surface area (Å²) in [5, 5.41) is 11.0. The van der Waals surface area contributed by atoms with Crippen LogP contribution in [0, 0.1) is 5.92 Å². The standard InChI is InChI=1S/C11H12F3NO2.C11H23NO2.C9H18O/c1-2-17-10-4-8(6-15-7-16)3-9(5-10)11(12,13)14;1-5-7-12(9(3)6-2)10(4)8-11(13)14;1-3-4-9-6-5-8(2)7-10-9/h3-5,7H,2,6H2,1H3,(H,15,16);9-10H,5-8H2,1-4H3,(H,13,14);8-9H,3-7H2,1-2H3/t;9?,10-;/m.0./s1. The topological polar surface area (TPSA) is 88.1 Å². The van der Waals surface area contributed by atoms with Gasteiger partial charge in [-0.2, -0.15) is 13.2 Å². The zero-order valence-corrected chi connectivity index (χ0v) is 26.1. The molecule has 1 fully saturated rings. The minimum absolute atomic E-state index is 0.0352. The van der Waals surface area contributed by atoms with E-state index in [0.717, 1.165) is 44.0 Å². The lowest BCUT2D eigenvalue weighted by Gasteiger charge is -2.33. The van der Waals surface area contributed by atoms with E-state index in [1.807, 2.05) is 6.92 Å². The van der Waals surface area contributed by atoms with Crippen molar-refractivity contribution >= 4 is 12.4 Å². The van der Waals surface area contributed by atoms with Gasteiger partial charge in [0.15, 0.2) is 0 Å².